The van der Waals surface area contributed by atoms with E-state index in [0.717, 1.165) is 11.1 Å². The standard InChI is InChI=1S/C22H21ClN2O4/c1-14-18(15(2)29-25-14)13-28-21(26)12-20(16-8-4-3-5-9-16)24-22(27)17-10-6-7-11-19(17)23/h3-11,20H,12-13H2,1-2H3,(H,24,27)/t20-/m1/s1. The molecule has 0 saturated heterocycles. The summed E-state index contributed by atoms with van der Waals surface area (Å²) >= 11 is 6.12. The van der Waals surface area contributed by atoms with E-state index in [-0.39, 0.29) is 18.9 Å². The molecule has 2 aromatic carbocycles. The van der Waals surface area contributed by atoms with Crippen LogP contribution in [0.2, 0.25) is 5.02 Å². The molecule has 6 nitrogen and oxygen atoms in total. The van der Waals surface area contributed by atoms with Crippen molar-refractivity contribution >= 4 is 23.5 Å². The second-order valence-electron chi connectivity index (χ2n) is 6.58. The number of benzene rings is 2. The molecule has 0 bridgehead atoms. The first-order valence-corrected chi connectivity index (χ1v) is 9.51. The van der Waals surface area contributed by atoms with Gasteiger partial charge in [0.2, 0.25) is 0 Å². The highest BCUT2D eigenvalue weighted by atomic mass is 35.5. The molecule has 0 radical (unpaired) electrons. The molecule has 0 saturated carbocycles. The number of hydrogen-bond acceptors (Lipinski definition) is 5. The number of aromatic nitrogens is 1. The molecule has 1 heterocycles. The van der Waals surface area contributed by atoms with Crippen LogP contribution in [-0.4, -0.2) is 17.0 Å². The van der Waals surface area contributed by atoms with Crippen molar-refractivity contribution in [3.05, 3.63) is 87.8 Å². The molecule has 3 rings (SSSR count). The predicted octanol–water partition coefficient (Wildman–Crippen LogP) is 4.55. The molecule has 7 heteroatoms. The highest BCUT2D eigenvalue weighted by Gasteiger charge is 2.22. The summed E-state index contributed by atoms with van der Waals surface area (Å²) in [4.78, 5) is 25.2. The molecule has 0 spiro atoms. The normalized spacial score (nSPS) is 11.7. The van der Waals surface area contributed by atoms with Crippen molar-refractivity contribution in [3.8, 4) is 0 Å². The van der Waals surface area contributed by atoms with Gasteiger partial charge >= 0.3 is 5.97 Å². The zero-order chi connectivity index (χ0) is 20.8. The van der Waals surface area contributed by atoms with Gasteiger partial charge in [-0.2, -0.15) is 0 Å². The van der Waals surface area contributed by atoms with Crippen LogP contribution in [0.25, 0.3) is 0 Å². The largest absolute Gasteiger partial charge is 0.461 e. The number of amides is 1. The first-order valence-electron chi connectivity index (χ1n) is 9.13. The number of halogens is 1. The van der Waals surface area contributed by atoms with Crippen LogP contribution < -0.4 is 5.32 Å². The Bertz CT molecular complexity index is 982. The average molecular weight is 413 g/mol. The molecule has 29 heavy (non-hydrogen) atoms. The van der Waals surface area contributed by atoms with Gasteiger partial charge in [-0.05, 0) is 31.5 Å². The molecule has 0 unspecified atom stereocenters. The molecule has 0 fully saturated rings. The maximum Gasteiger partial charge on any atom is 0.308 e. The minimum atomic E-state index is -0.558. The number of aryl methyl sites for hydroxylation is 2. The third kappa shape index (κ3) is 5.23. The highest BCUT2D eigenvalue weighted by molar-refractivity contribution is 6.33. The Labute approximate surface area is 173 Å². The van der Waals surface area contributed by atoms with Crippen molar-refractivity contribution in [2.24, 2.45) is 0 Å². The number of ether oxygens (including phenoxy) is 1. The molecule has 1 aromatic heterocycles. The molecule has 0 aliphatic heterocycles. The summed E-state index contributed by atoms with van der Waals surface area (Å²) in [6.45, 7) is 3.62. The average Bonchev–Trinajstić information content (AvgIpc) is 3.04. The van der Waals surface area contributed by atoms with Crippen molar-refractivity contribution < 1.29 is 18.8 Å². The van der Waals surface area contributed by atoms with Crippen molar-refractivity contribution in [1.82, 2.24) is 10.5 Å². The number of nitrogens with one attached hydrogen (secondary N) is 1. The van der Waals surface area contributed by atoms with Crippen molar-refractivity contribution in [1.29, 1.82) is 0 Å². The van der Waals surface area contributed by atoms with E-state index in [1.54, 1.807) is 38.1 Å². The Hall–Kier alpha value is -3.12. The van der Waals surface area contributed by atoms with Gasteiger partial charge in [0, 0.05) is 0 Å². The van der Waals surface area contributed by atoms with E-state index in [4.69, 9.17) is 20.9 Å². The van der Waals surface area contributed by atoms with E-state index in [1.165, 1.54) is 0 Å². The van der Waals surface area contributed by atoms with Crippen LogP contribution in [0.5, 0.6) is 0 Å². The van der Waals surface area contributed by atoms with E-state index in [9.17, 15) is 9.59 Å². The monoisotopic (exact) mass is 412 g/mol. The van der Waals surface area contributed by atoms with Gasteiger partial charge < -0.3 is 14.6 Å². The smallest absolute Gasteiger partial charge is 0.308 e. The van der Waals surface area contributed by atoms with E-state index in [1.807, 2.05) is 30.3 Å². The van der Waals surface area contributed by atoms with Crippen LogP contribution in [0.15, 0.2) is 59.1 Å². The zero-order valence-electron chi connectivity index (χ0n) is 16.1. The van der Waals surface area contributed by atoms with E-state index in [0.29, 0.717) is 22.0 Å². The molecular formula is C22H21ClN2O4. The first kappa shape index (κ1) is 20.6. The lowest BCUT2D eigenvalue weighted by atomic mass is 10.0. The van der Waals surface area contributed by atoms with Gasteiger partial charge in [0.05, 0.1) is 34.3 Å². The maximum atomic E-state index is 12.7. The number of hydrogen-bond donors (Lipinski definition) is 1. The lowest BCUT2D eigenvalue weighted by molar-refractivity contribution is -0.145. The molecule has 1 atom stereocenters. The van der Waals surface area contributed by atoms with Gasteiger partial charge in [0.25, 0.3) is 5.91 Å². The van der Waals surface area contributed by atoms with Crippen LogP contribution in [0.4, 0.5) is 0 Å². The second kappa shape index (κ2) is 9.39. The number of rotatable bonds is 7. The van der Waals surface area contributed by atoms with Crippen LogP contribution in [-0.2, 0) is 16.1 Å². The van der Waals surface area contributed by atoms with Gasteiger partial charge in [0.15, 0.2) is 0 Å². The van der Waals surface area contributed by atoms with Crippen LogP contribution in [0.3, 0.4) is 0 Å². The Morgan fingerprint density at radius 1 is 1.10 bits per heavy atom. The topological polar surface area (TPSA) is 81.4 Å². The number of carbonyl (C=O) groups is 2. The number of esters is 1. The quantitative estimate of drug-likeness (QED) is 0.576. The summed E-state index contributed by atoms with van der Waals surface area (Å²) in [5.74, 6) is -0.191. The first-order chi connectivity index (χ1) is 14.0. The van der Waals surface area contributed by atoms with Crippen LogP contribution >= 0.6 is 11.6 Å². The Balaban J connectivity index is 1.71. The lowest BCUT2D eigenvalue weighted by Gasteiger charge is -2.19. The van der Waals surface area contributed by atoms with Crippen LogP contribution in [0, 0.1) is 13.8 Å². The minimum Gasteiger partial charge on any atom is -0.461 e. The lowest BCUT2D eigenvalue weighted by Crippen LogP contribution is -2.30. The fourth-order valence-corrected chi connectivity index (χ4v) is 3.13. The molecule has 0 aliphatic rings. The van der Waals surface area contributed by atoms with E-state index in [2.05, 4.69) is 10.5 Å². The molecule has 1 amide bonds. The molecule has 150 valence electrons. The summed E-state index contributed by atoms with van der Waals surface area (Å²) in [7, 11) is 0. The van der Waals surface area contributed by atoms with Crippen molar-refractivity contribution in [3.63, 3.8) is 0 Å². The van der Waals surface area contributed by atoms with Gasteiger partial charge in [-0.1, -0.05) is 59.2 Å². The fourth-order valence-electron chi connectivity index (χ4n) is 2.91. The fraction of sp³-hybridized carbons (Fsp3) is 0.227. The van der Waals surface area contributed by atoms with Crippen molar-refractivity contribution in [2.75, 3.05) is 0 Å². The molecular weight excluding hydrogens is 392 g/mol. The van der Waals surface area contributed by atoms with Gasteiger partial charge in [0.1, 0.15) is 12.4 Å². The highest BCUT2D eigenvalue weighted by Crippen LogP contribution is 2.21. The van der Waals surface area contributed by atoms with Gasteiger partial charge in [-0.25, -0.2) is 0 Å². The van der Waals surface area contributed by atoms with Gasteiger partial charge in [-0.3, -0.25) is 9.59 Å². The van der Waals surface area contributed by atoms with Crippen LogP contribution in [0.1, 0.15) is 45.4 Å². The number of nitrogens with zero attached hydrogens (tertiary/aromatic N) is 1. The molecule has 0 aliphatic carbocycles. The Morgan fingerprint density at radius 3 is 2.45 bits per heavy atom. The summed E-state index contributed by atoms with van der Waals surface area (Å²) in [6, 6.07) is 15.5. The Morgan fingerprint density at radius 2 is 1.79 bits per heavy atom. The third-order valence-corrected chi connectivity index (χ3v) is 4.88. The summed E-state index contributed by atoms with van der Waals surface area (Å²) in [5.41, 5.74) is 2.57. The molecule has 1 N–H and O–H groups in total. The third-order valence-electron chi connectivity index (χ3n) is 4.56. The van der Waals surface area contributed by atoms with E-state index >= 15 is 0 Å². The second-order valence-corrected chi connectivity index (χ2v) is 6.99. The summed E-state index contributed by atoms with van der Waals surface area (Å²) < 4.78 is 10.5. The maximum absolute atomic E-state index is 12.7. The summed E-state index contributed by atoms with van der Waals surface area (Å²) in [5, 5.41) is 7.08. The Kier molecular flexibility index (Phi) is 6.67. The number of carbonyl (C=O) groups excluding carboxylic acids is 2. The zero-order valence-corrected chi connectivity index (χ0v) is 16.9. The summed E-state index contributed by atoms with van der Waals surface area (Å²) in [6.07, 6.45) is -0.0242. The SMILES string of the molecule is Cc1noc(C)c1COC(=O)C[C@@H](NC(=O)c1ccccc1Cl)c1ccccc1. The minimum absolute atomic E-state index is 0.0242. The van der Waals surface area contributed by atoms with Crippen molar-refractivity contribution in [2.45, 2.75) is 32.9 Å². The van der Waals surface area contributed by atoms with E-state index < -0.39 is 12.0 Å². The predicted molar refractivity (Wildman–Crippen MR) is 108 cm³/mol. The molecule has 3 aromatic rings. The van der Waals surface area contributed by atoms with Gasteiger partial charge in [-0.15, -0.1) is 0 Å².